The second-order valence-corrected chi connectivity index (χ2v) is 4.87. The number of hydrogen-bond donors (Lipinski definition) is 1. The Labute approximate surface area is 121 Å². The number of halogens is 1. The van der Waals surface area contributed by atoms with Crippen molar-refractivity contribution in [3.8, 4) is 0 Å². The molecule has 3 rings (SSSR count). The molecule has 3 aromatic rings. The van der Waals surface area contributed by atoms with Crippen LogP contribution in [0.4, 0.5) is 10.1 Å². The lowest BCUT2D eigenvalue weighted by Gasteiger charge is -2.07. The van der Waals surface area contributed by atoms with Gasteiger partial charge in [-0.3, -0.25) is 4.79 Å². The third-order valence-electron chi connectivity index (χ3n) is 3.30. The maximum absolute atomic E-state index is 13.4. The highest BCUT2D eigenvalue weighted by atomic mass is 19.1. The van der Waals surface area contributed by atoms with Crippen molar-refractivity contribution in [3.63, 3.8) is 0 Å². The Morgan fingerprint density at radius 3 is 2.90 bits per heavy atom. The first-order valence-electron chi connectivity index (χ1n) is 6.59. The minimum absolute atomic E-state index is 0.135. The summed E-state index contributed by atoms with van der Waals surface area (Å²) >= 11 is 0. The molecule has 0 bridgehead atoms. The number of rotatable bonds is 3. The number of hydrogen-bond acceptors (Lipinski definition) is 2. The van der Waals surface area contributed by atoms with Gasteiger partial charge in [0.15, 0.2) is 0 Å². The number of nitrogens with one attached hydrogen (secondary N) is 1. The van der Waals surface area contributed by atoms with Gasteiger partial charge in [0.1, 0.15) is 12.4 Å². The van der Waals surface area contributed by atoms with Gasteiger partial charge in [0.25, 0.3) is 0 Å². The van der Waals surface area contributed by atoms with Crippen molar-refractivity contribution in [1.29, 1.82) is 0 Å². The molecule has 5 heteroatoms. The van der Waals surface area contributed by atoms with Gasteiger partial charge in [-0.25, -0.2) is 9.37 Å². The van der Waals surface area contributed by atoms with Crippen molar-refractivity contribution in [2.45, 2.75) is 13.5 Å². The van der Waals surface area contributed by atoms with Crippen molar-refractivity contribution >= 4 is 22.6 Å². The van der Waals surface area contributed by atoms with E-state index in [0.29, 0.717) is 11.3 Å². The normalized spacial score (nSPS) is 10.8. The van der Waals surface area contributed by atoms with Crippen molar-refractivity contribution in [2.24, 2.45) is 0 Å². The summed E-state index contributed by atoms with van der Waals surface area (Å²) in [6.45, 7) is 1.81. The number of anilines is 1. The standard InChI is InChI=1S/C16H14FN3O/c1-11-6-7-12(8-13(11)17)19-16(21)9-20-10-18-14-4-2-3-5-15(14)20/h2-8,10H,9H2,1H3,(H,19,21). The molecule has 0 spiro atoms. The third-order valence-corrected chi connectivity index (χ3v) is 3.30. The second-order valence-electron chi connectivity index (χ2n) is 4.87. The molecular formula is C16H14FN3O. The zero-order chi connectivity index (χ0) is 14.8. The van der Waals surface area contributed by atoms with Crippen LogP contribution in [-0.2, 0) is 11.3 Å². The number of nitrogens with zero attached hydrogens (tertiary/aromatic N) is 2. The fourth-order valence-corrected chi connectivity index (χ4v) is 2.16. The second kappa shape index (κ2) is 5.36. The Balaban J connectivity index is 1.75. The molecule has 1 N–H and O–H groups in total. The first-order valence-corrected chi connectivity index (χ1v) is 6.59. The van der Waals surface area contributed by atoms with Crippen LogP contribution in [0.1, 0.15) is 5.56 Å². The monoisotopic (exact) mass is 283 g/mol. The molecule has 0 atom stereocenters. The van der Waals surface area contributed by atoms with Gasteiger partial charge in [-0.1, -0.05) is 18.2 Å². The molecule has 106 valence electrons. The van der Waals surface area contributed by atoms with E-state index in [1.54, 1.807) is 30.0 Å². The van der Waals surface area contributed by atoms with Crippen LogP contribution in [0, 0.1) is 12.7 Å². The summed E-state index contributed by atoms with van der Waals surface area (Å²) in [5, 5.41) is 2.69. The van der Waals surface area contributed by atoms with Gasteiger partial charge in [-0.2, -0.15) is 0 Å². The number of amides is 1. The van der Waals surface area contributed by atoms with E-state index in [0.717, 1.165) is 11.0 Å². The van der Waals surface area contributed by atoms with Crippen LogP contribution >= 0.6 is 0 Å². The summed E-state index contributed by atoms with van der Waals surface area (Å²) in [4.78, 5) is 16.3. The summed E-state index contributed by atoms with van der Waals surface area (Å²) in [6.07, 6.45) is 1.62. The zero-order valence-corrected chi connectivity index (χ0v) is 11.5. The van der Waals surface area contributed by atoms with Crippen molar-refractivity contribution < 1.29 is 9.18 Å². The van der Waals surface area contributed by atoms with E-state index in [9.17, 15) is 9.18 Å². The fraction of sp³-hybridized carbons (Fsp3) is 0.125. The molecule has 1 amide bonds. The zero-order valence-electron chi connectivity index (χ0n) is 11.5. The Morgan fingerprint density at radius 1 is 1.29 bits per heavy atom. The highest BCUT2D eigenvalue weighted by molar-refractivity contribution is 5.91. The van der Waals surface area contributed by atoms with Gasteiger partial charge in [0.2, 0.25) is 5.91 Å². The molecule has 1 aromatic heterocycles. The molecule has 0 saturated carbocycles. The Morgan fingerprint density at radius 2 is 2.10 bits per heavy atom. The van der Waals surface area contributed by atoms with Crippen LogP contribution in [0.25, 0.3) is 11.0 Å². The first-order chi connectivity index (χ1) is 10.1. The van der Waals surface area contributed by atoms with Gasteiger partial charge in [0.05, 0.1) is 17.4 Å². The van der Waals surface area contributed by atoms with E-state index in [-0.39, 0.29) is 18.3 Å². The molecule has 0 aliphatic heterocycles. The lowest BCUT2D eigenvalue weighted by molar-refractivity contribution is -0.116. The average Bonchev–Trinajstić information content (AvgIpc) is 2.86. The lowest BCUT2D eigenvalue weighted by Crippen LogP contribution is -2.18. The number of imidazole rings is 1. The van der Waals surface area contributed by atoms with Crippen LogP contribution in [0.3, 0.4) is 0 Å². The van der Waals surface area contributed by atoms with E-state index < -0.39 is 0 Å². The number of aryl methyl sites for hydroxylation is 1. The van der Waals surface area contributed by atoms with Gasteiger partial charge in [-0.05, 0) is 36.8 Å². The van der Waals surface area contributed by atoms with Crippen LogP contribution < -0.4 is 5.32 Å². The number of benzene rings is 2. The van der Waals surface area contributed by atoms with Crippen molar-refractivity contribution in [3.05, 3.63) is 60.2 Å². The van der Waals surface area contributed by atoms with E-state index in [1.807, 2.05) is 24.3 Å². The molecular weight excluding hydrogens is 269 g/mol. The van der Waals surface area contributed by atoms with E-state index in [1.165, 1.54) is 6.07 Å². The summed E-state index contributed by atoms with van der Waals surface area (Å²) in [6, 6.07) is 12.2. The molecule has 0 unspecified atom stereocenters. The molecule has 21 heavy (non-hydrogen) atoms. The highest BCUT2D eigenvalue weighted by Gasteiger charge is 2.08. The predicted molar refractivity (Wildman–Crippen MR) is 79.5 cm³/mol. The van der Waals surface area contributed by atoms with Crippen molar-refractivity contribution in [1.82, 2.24) is 9.55 Å². The minimum Gasteiger partial charge on any atom is -0.324 e. The van der Waals surface area contributed by atoms with E-state index in [4.69, 9.17) is 0 Å². The average molecular weight is 283 g/mol. The van der Waals surface area contributed by atoms with Crippen LogP contribution in [0.15, 0.2) is 48.8 Å². The third kappa shape index (κ3) is 2.76. The molecule has 1 heterocycles. The first kappa shape index (κ1) is 13.3. The molecule has 0 saturated heterocycles. The number of fused-ring (bicyclic) bond motifs is 1. The lowest BCUT2D eigenvalue weighted by atomic mass is 10.2. The van der Waals surface area contributed by atoms with Gasteiger partial charge >= 0.3 is 0 Å². The van der Waals surface area contributed by atoms with Gasteiger partial charge < -0.3 is 9.88 Å². The number of carbonyl (C=O) groups excluding carboxylic acids is 1. The highest BCUT2D eigenvalue weighted by Crippen LogP contribution is 2.15. The molecule has 0 aliphatic rings. The number of para-hydroxylation sites is 2. The molecule has 0 fully saturated rings. The van der Waals surface area contributed by atoms with Crippen LogP contribution in [-0.4, -0.2) is 15.5 Å². The summed E-state index contributed by atoms with van der Waals surface area (Å²) in [5.74, 6) is -0.553. The largest absolute Gasteiger partial charge is 0.324 e. The quantitative estimate of drug-likeness (QED) is 0.802. The molecule has 0 aliphatic carbocycles. The minimum atomic E-state index is -0.333. The number of carbonyl (C=O) groups is 1. The van der Waals surface area contributed by atoms with E-state index in [2.05, 4.69) is 10.3 Å². The summed E-state index contributed by atoms with van der Waals surface area (Å²) < 4.78 is 15.2. The van der Waals surface area contributed by atoms with Gasteiger partial charge in [-0.15, -0.1) is 0 Å². The Hall–Kier alpha value is -2.69. The topological polar surface area (TPSA) is 46.9 Å². The number of aromatic nitrogens is 2. The molecule has 0 radical (unpaired) electrons. The summed E-state index contributed by atoms with van der Waals surface area (Å²) in [7, 11) is 0. The van der Waals surface area contributed by atoms with Crippen LogP contribution in [0.5, 0.6) is 0 Å². The molecule has 2 aromatic carbocycles. The smallest absolute Gasteiger partial charge is 0.244 e. The Kier molecular flexibility index (Phi) is 3.39. The van der Waals surface area contributed by atoms with Gasteiger partial charge in [0, 0.05) is 5.69 Å². The Bertz CT molecular complexity index is 810. The maximum atomic E-state index is 13.4. The van der Waals surface area contributed by atoms with Crippen molar-refractivity contribution in [2.75, 3.05) is 5.32 Å². The van der Waals surface area contributed by atoms with E-state index >= 15 is 0 Å². The van der Waals surface area contributed by atoms with Crippen LogP contribution in [0.2, 0.25) is 0 Å². The predicted octanol–water partition coefficient (Wildman–Crippen LogP) is 3.12. The summed E-state index contributed by atoms with van der Waals surface area (Å²) in [5.41, 5.74) is 2.73. The maximum Gasteiger partial charge on any atom is 0.244 e. The molecule has 4 nitrogen and oxygen atoms in total. The fourth-order valence-electron chi connectivity index (χ4n) is 2.16. The SMILES string of the molecule is Cc1ccc(NC(=O)Cn2cnc3ccccc32)cc1F.